The van der Waals surface area contributed by atoms with Gasteiger partial charge >= 0.3 is 0 Å². The van der Waals surface area contributed by atoms with Crippen molar-refractivity contribution in [3.63, 3.8) is 0 Å². The summed E-state index contributed by atoms with van der Waals surface area (Å²) in [5.74, 6) is 1.01. The highest BCUT2D eigenvalue weighted by Crippen LogP contribution is 2.17. The third-order valence-corrected chi connectivity index (χ3v) is 3.53. The van der Waals surface area contributed by atoms with Crippen molar-refractivity contribution in [1.29, 1.82) is 0 Å². The van der Waals surface area contributed by atoms with Gasteiger partial charge in [-0.3, -0.25) is 4.98 Å². The first kappa shape index (κ1) is 14.5. The highest BCUT2D eigenvalue weighted by Gasteiger charge is 2.08. The molecule has 1 atom stereocenters. The molecule has 0 aliphatic heterocycles. The van der Waals surface area contributed by atoms with E-state index in [2.05, 4.69) is 46.2 Å². The monoisotopic (exact) mass is 270 g/mol. The minimum atomic E-state index is 0.326. The topological polar surface area (TPSA) is 41.1 Å². The molecule has 0 amide bonds. The van der Waals surface area contributed by atoms with Crippen molar-refractivity contribution in [2.24, 2.45) is 0 Å². The van der Waals surface area contributed by atoms with E-state index in [1.165, 1.54) is 11.1 Å². The van der Waals surface area contributed by atoms with Crippen LogP contribution < -0.4 is 10.2 Å². The standard InChI is InChI=1S/C16H22N4/c1-4-20(12-14-7-9-18-10-8-14)16-6-5-15(11-19-16)13(2)17-3/h5-11,13,17H,4,12H2,1-3H3. The number of pyridine rings is 2. The number of rotatable bonds is 6. The number of hydrogen-bond donors (Lipinski definition) is 1. The predicted molar refractivity (Wildman–Crippen MR) is 82.7 cm³/mol. The van der Waals surface area contributed by atoms with Gasteiger partial charge in [-0.1, -0.05) is 6.07 Å². The summed E-state index contributed by atoms with van der Waals surface area (Å²) in [5.41, 5.74) is 2.45. The van der Waals surface area contributed by atoms with Crippen LogP contribution in [0.15, 0.2) is 42.9 Å². The fourth-order valence-corrected chi connectivity index (χ4v) is 2.07. The molecule has 1 unspecified atom stereocenters. The second-order valence-electron chi connectivity index (χ2n) is 4.83. The zero-order valence-electron chi connectivity index (χ0n) is 12.4. The minimum absolute atomic E-state index is 0.326. The van der Waals surface area contributed by atoms with Crippen LogP contribution in [-0.4, -0.2) is 23.6 Å². The maximum absolute atomic E-state index is 4.59. The van der Waals surface area contributed by atoms with Gasteiger partial charge in [0.2, 0.25) is 0 Å². The molecular formula is C16H22N4. The van der Waals surface area contributed by atoms with E-state index < -0.39 is 0 Å². The summed E-state index contributed by atoms with van der Waals surface area (Å²) in [5, 5.41) is 3.22. The molecule has 4 heteroatoms. The third-order valence-electron chi connectivity index (χ3n) is 3.53. The SMILES string of the molecule is CCN(Cc1ccncc1)c1ccc(C(C)NC)cn1. The fraction of sp³-hybridized carbons (Fsp3) is 0.375. The molecule has 106 valence electrons. The van der Waals surface area contributed by atoms with Crippen molar-refractivity contribution in [1.82, 2.24) is 15.3 Å². The van der Waals surface area contributed by atoms with Gasteiger partial charge in [-0.25, -0.2) is 4.98 Å². The average molecular weight is 270 g/mol. The first-order valence-electron chi connectivity index (χ1n) is 7.01. The van der Waals surface area contributed by atoms with E-state index in [-0.39, 0.29) is 0 Å². The molecule has 20 heavy (non-hydrogen) atoms. The van der Waals surface area contributed by atoms with Crippen molar-refractivity contribution >= 4 is 5.82 Å². The number of hydrogen-bond acceptors (Lipinski definition) is 4. The molecule has 2 aromatic heterocycles. The first-order chi connectivity index (χ1) is 9.74. The van der Waals surface area contributed by atoms with Gasteiger partial charge in [0, 0.05) is 37.7 Å². The lowest BCUT2D eigenvalue weighted by molar-refractivity contribution is 0.649. The Morgan fingerprint density at radius 1 is 1.20 bits per heavy atom. The highest BCUT2D eigenvalue weighted by atomic mass is 15.2. The Morgan fingerprint density at radius 2 is 1.95 bits per heavy atom. The lowest BCUT2D eigenvalue weighted by Gasteiger charge is -2.22. The van der Waals surface area contributed by atoms with Crippen LogP contribution in [0.2, 0.25) is 0 Å². The Kier molecular flexibility index (Phi) is 5.07. The van der Waals surface area contributed by atoms with E-state index in [0.29, 0.717) is 6.04 Å². The van der Waals surface area contributed by atoms with E-state index in [0.717, 1.165) is 18.9 Å². The number of aromatic nitrogens is 2. The summed E-state index contributed by atoms with van der Waals surface area (Å²) >= 11 is 0. The Hall–Kier alpha value is -1.94. The molecule has 0 radical (unpaired) electrons. The summed E-state index contributed by atoms with van der Waals surface area (Å²) in [6.07, 6.45) is 5.61. The predicted octanol–water partition coefficient (Wildman–Crippen LogP) is 2.78. The molecule has 0 bridgehead atoms. The van der Waals surface area contributed by atoms with Crippen LogP contribution in [0.3, 0.4) is 0 Å². The van der Waals surface area contributed by atoms with E-state index in [1.54, 1.807) is 0 Å². The summed E-state index contributed by atoms with van der Waals surface area (Å²) in [7, 11) is 1.96. The molecule has 2 rings (SSSR count). The van der Waals surface area contributed by atoms with Crippen LogP contribution in [0.25, 0.3) is 0 Å². The van der Waals surface area contributed by atoms with Gasteiger partial charge in [-0.05, 0) is 50.2 Å². The summed E-state index contributed by atoms with van der Waals surface area (Å²) in [6.45, 7) is 6.06. The van der Waals surface area contributed by atoms with E-state index in [4.69, 9.17) is 0 Å². The first-order valence-corrected chi connectivity index (χ1v) is 7.01. The quantitative estimate of drug-likeness (QED) is 0.876. The molecule has 0 aliphatic rings. The third kappa shape index (κ3) is 3.54. The average Bonchev–Trinajstić information content (AvgIpc) is 2.53. The molecule has 4 nitrogen and oxygen atoms in total. The van der Waals surface area contributed by atoms with Crippen LogP contribution in [0, 0.1) is 0 Å². The highest BCUT2D eigenvalue weighted by molar-refractivity contribution is 5.40. The smallest absolute Gasteiger partial charge is 0.128 e. The Bertz CT molecular complexity index is 510. The van der Waals surface area contributed by atoms with E-state index in [1.807, 2.05) is 37.8 Å². The maximum atomic E-state index is 4.59. The number of nitrogens with one attached hydrogen (secondary N) is 1. The molecule has 2 heterocycles. The van der Waals surface area contributed by atoms with Crippen LogP contribution in [0.1, 0.15) is 31.0 Å². The Morgan fingerprint density at radius 3 is 2.50 bits per heavy atom. The molecule has 0 fully saturated rings. The van der Waals surface area contributed by atoms with Crippen molar-refractivity contribution in [3.05, 3.63) is 54.0 Å². The van der Waals surface area contributed by atoms with E-state index >= 15 is 0 Å². The minimum Gasteiger partial charge on any atom is -0.353 e. The molecule has 0 aromatic carbocycles. The molecule has 0 aliphatic carbocycles. The van der Waals surface area contributed by atoms with Crippen molar-refractivity contribution in [2.45, 2.75) is 26.4 Å². The molecule has 0 saturated carbocycles. The molecule has 2 aromatic rings. The van der Waals surface area contributed by atoms with Crippen LogP contribution in [0.4, 0.5) is 5.82 Å². The second-order valence-corrected chi connectivity index (χ2v) is 4.83. The van der Waals surface area contributed by atoms with Crippen molar-refractivity contribution in [2.75, 3.05) is 18.5 Å². The van der Waals surface area contributed by atoms with Crippen LogP contribution in [-0.2, 0) is 6.54 Å². The van der Waals surface area contributed by atoms with E-state index in [9.17, 15) is 0 Å². The zero-order chi connectivity index (χ0) is 14.4. The molecular weight excluding hydrogens is 248 g/mol. The van der Waals surface area contributed by atoms with Gasteiger partial charge in [-0.15, -0.1) is 0 Å². The Balaban J connectivity index is 2.11. The van der Waals surface area contributed by atoms with Gasteiger partial charge in [0.1, 0.15) is 5.82 Å². The zero-order valence-corrected chi connectivity index (χ0v) is 12.4. The largest absolute Gasteiger partial charge is 0.353 e. The Labute approximate surface area is 120 Å². The van der Waals surface area contributed by atoms with Gasteiger partial charge < -0.3 is 10.2 Å². The lowest BCUT2D eigenvalue weighted by atomic mass is 10.1. The summed E-state index contributed by atoms with van der Waals surface area (Å²) in [6, 6.07) is 8.64. The van der Waals surface area contributed by atoms with Crippen LogP contribution in [0.5, 0.6) is 0 Å². The number of anilines is 1. The normalized spacial score (nSPS) is 12.2. The molecule has 0 spiro atoms. The van der Waals surface area contributed by atoms with Crippen LogP contribution >= 0.6 is 0 Å². The van der Waals surface area contributed by atoms with Crippen molar-refractivity contribution in [3.8, 4) is 0 Å². The summed E-state index contributed by atoms with van der Waals surface area (Å²) in [4.78, 5) is 10.9. The fourth-order valence-electron chi connectivity index (χ4n) is 2.07. The van der Waals surface area contributed by atoms with Gasteiger partial charge in [-0.2, -0.15) is 0 Å². The number of nitrogens with zero attached hydrogens (tertiary/aromatic N) is 3. The van der Waals surface area contributed by atoms with Gasteiger partial charge in [0.15, 0.2) is 0 Å². The maximum Gasteiger partial charge on any atom is 0.128 e. The summed E-state index contributed by atoms with van der Waals surface area (Å²) < 4.78 is 0. The lowest BCUT2D eigenvalue weighted by Crippen LogP contribution is -2.23. The second kappa shape index (κ2) is 7.01. The van der Waals surface area contributed by atoms with Crippen molar-refractivity contribution < 1.29 is 0 Å². The molecule has 0 saturated heterocycles. The molecule has 1 N–H and O–H groups in total. The van der Waals surface area contributed by atoms with Gasteiger partial charge in [0.25, 0.3) is 0 Å². The van der Waals surface area contributed by atoms with Gasteiger partial charge in [0.05, 0.1) is 0 Å².